The summed E-state index contributed by atoms with van der Waals surface area (Å²) in [6, 6.07) is 2.05. The smallest absolute Gasteiger partial charge is 0.184 e. The monoisotopic (exact) mass is 248 g/mol. The molecule has 0 atom stereocenters. The van der Waals surface area contributed by atoms with Crippen molar-refractivity contribution in [2.24, 2.45) is 0 Å². The second-order valence-electron chi connectivity index (χ2n) is 4.28. The largest absolute Gasteiger partial charge is 0.316 e. The fourth-order valence-corrected chi connectivity index (χ4v) is 3.16. The lowest BCUT2D eigenvalue weighted by molar-refractivity contribution is 0.401. The lowest BCUT2D eigenvalue weighted by atomic mass is 10.3. The van der Waals surface area contributed by atoms with Gasteiger partial charge in [0.1, 0.15) is 5.52 Å². The molecule has 5 heteroatoms. The van der Waals surface area contributed by atoms with Crippen LogP contribution in [0.2, 0.25) is 0 Å². The second-order valence-corrected chi connectivity index (χ2v) is 5.35. The van der Waals surface area contributed by atoms with Crippen molar-refractivity contribution in [3.05, 3.63) is 18.5 Å². The minimum absolute atomic E-state index is 1.01. The van der Waals surface area contributed by atoms with E-state index in [9.17, 15) is 0 Å². The first kappa shape index (κ1) is 11.0. The van der Waals surface area contributed by atoms with Gasteiger partial charge in [0.05, 0.1) is 11.7 Å². The molecule has 3 heterocycles. The predicted molar refractivity (Wildman–Crippen MR) is 69.9 cm³/mol. The Morgan fingerprint density at radius 2 is 2.35 bits per heavy atom. The maximum absolute atomic E-state index is 4.63. The molecule has 4 nitrogen and oxygen atoms in total. The first-order valence-electron chi connectivity index (χ1n) is 6.11. The summed E-state index contributed by atoms with van der Waals surface area (Å²) in [5.41, 5.74) is 2.21. The highest BCUT2D eigenvalue weighted by atomic mass is 32.2. The molecule has 0 N–H and O–H groups in total. The van der Waals surface area contributed by atoms with Crippen LogP contribution in [-0.2, 0) is 6.54 Å². The molecule has 90 valence electrons. The summed E-state index contributed by atoms with van der Waals surface area (Å²) in [4.78, 5) is 8.76. The van der Waals surface area contributed by atoms with Crippen LogP contribution in [0, 0.1) is 0 Å². The van der Waals surface area contributed by atoms with Crippen LogP contribution in [0.15, 0.2) is 23.6 Å². The third kappa shape index (κ3) is 2.05. The van der Waals surface area contributed by atoms with Gasteiger partial charge in [0.15, 0.2) is 5.16 Å². The molecule has 1 aliphatic heterocycles. The van der Waals surface area contributed by atoms with Gasteiger partial charge in [-0.2, -0.15) is 0 Å². The quantitative estimate of drug-likeness (QED) is 0.782. The van der Waals surface area contributed by atoms with Crippen LogP contribution in [0.1, 0.15) is 19.8 Å². The van der Waals surface area contributed by atoms with Gasteiger partial charge in [0.25, 0.3) is 0 Å². The Labute approximate surface area is 105 Å². The maximum Gasteiger partial charge on any atom is 0.184 e. The molecule has 0 spiro atoms. The Balaban J connectivity index is 1.87. The summed E-state index contributed by atoms with van der Waals surface area (Å²) in [5, 5.41) is 1.11. The molecule has 2 aromatic heterocycles. The molecule has 0 aliphatic carbocycles. The Morgan fingerprint density at radius 1 is 1.41 bits per heavy atom. The van der Waals surface area contributed by atoms with Crippen LogP contribution in [0.5, 0.6) is 0 Å². The number of hydrogen-bond donors (Lipinski definition) is 0. The molecule has 1 aliphatic rings. The lowest BCUT2D eigenvalue weighted by Crippen LogP contribution is -2.27. The van der Waals surface area contributed by atoms with Gasteiger partial charge in [0, 0.05) is 25.8 Å². The van der Waals surface area contributed by atoms with Crippen molar-refractivity contribution in [1.82, 2.24) is 18.8 Å². The van der Waals surface area contributed by atoms with Crippen molar-refractivity contribution in [1.29, 1.82) is 0 Å². The van der Waals surface area contributed by atoms with Gasteiger partial charge in [0.2, 0.25) is 0 Å². The summed E-state index contributed by atoms with van der Waals surface area (Å²) in [6.07, 6.45) is 6.19. The van der Waals surface area contributed by atoms with E-state index < -0.39 is 0 Å². The number of pyridine rings is 1. The van der Waals surface area contributed by atoms with Crippen molar-refractivity contribution < 1.29 is 0 Å². The zero-order valence-electron chi connectivity index (χ0n) is 9.96. The number of rotatable bonds is 3. The van der Waals surface area contributed by atoms with Crippen molar-refractivity contribution >= 4 is 23.0 Å². The van der Waals surface area contributed by atoms with Gasteiger partial charge in [-0.3, -0.25) is 4.98 Å². The molecule has 2 aromatic rings. The van der Waals surface area contributed by atoms with E-state index in [1.165, 1.54) is 18.4 Å². The molecule has 0 unspecified atom stereocenters. The minimum atomic E-state index is 1.01. The zero-order chi connectivity index (χ0) is 11.7. The lowest BCUT2D eigenvalue weighted by Gasteiger charge is -2.26. The van der Waals surface area contributed by atoms with Gasteiger partial charge >= 0.3 is 0 Å². The van der Waals surface area contributed by atoms with Crippen molar-refractivity contribution in [3.63, 3.8) is 0 Å². The Morgan fingerprint density at radius 3 is 3.24 bits per heavy atom. The average Bonchev–Trinajstić information content (AvgIpc) is 2.74. The van der Waals surface area contributed by atoms with Gasteiger partial charge in [-0.15, -0.1) is 0 Å². The van der Waals surface area contributed by atoms with Crippen LogP contribution in [0.3, 0.4) is 0 Å². The third-order valence-electron chi connectivity index (χ3n) is 3.06. The first-order valence-corrected chi connectivity index (χ1v) is 6.89. The van der Waals surface area contributed by atoms with Crippen LogP contribution in [0.4, 0.5) is 0 Å². The molecule has 0 bridgehead atoms. The van der Waals surface area contributed by atoms with E-state index in [1.54, 1.807) is 11.9 Å². The molecule has 0 radical (unpaired) electrons. The first-order chi connectivity index (χ1) is 8.38. The van der Waals surface area contributed by atoms with Gasteiger partial charge in [-0.25, -0.2) is 9.29 Å². The Bertz CT molecular complexity index is 522. The van der Waals surface area contributed by atoms with Crippen molar-refractivity contribution in [3.8, 4) is 0 Å². The number of fused-ring (bicyclic) bond motifs is 3. The van der Waals surface area contributed by atoms with E-state index in [0.29, 0.717) is 0 Å². The highest BCUT2D eigenvalue weighted by molar-refractivity contribution is 7.96. The molecule has 0 amide bonds. The van der Waals surface area contributed by atoms with Crippen LogP contribution < -0.4 is 0 Å². The summed E-state index contributed by atoms with van der Waals surface area (Å²) in [6.45, 7) is 5.52. The van der Waals surface area contributed by atoms with Gasteiger partial charge in [-0.05, 0) is 24.4 Å². The Hall–Kier alpha value is -1.07. The summed E-state index contributed by atoms with van der Waals surface area (Å²) >= 11 is 1.78. The molecule has 0 saturated heterocycles. The molecule has 0 saturated carbocycles. The number of hydrogen-bond acceptors (Lipinski definition) is 4. The van der Waals surface area contributed by atoms with Crippen LogP contribution in [-0.4, -0.2) is 31.9 Å². The number of aromatic nitrogens is 3. The molecular weight excluding hydrogens is 232 g/mol. The second kappa shape index (κ2) is 4.66. The van der Waals surface area contributed by atoms with Crippen LogP contribution in [0.25, 0.3) is 11.0 Å². The summed E-state index contributed by atoms with van der Waals surface area (Å²) < 4.78 is 4.71. The van der Waals surface area contributed by atoms with Gasteiger partial charge in [-0.1, -0.05) is 13.3 Å². The maximum atomic E-state index is 4.63. The van der Waals surface area contributed by atoms with E-state index in [1.807, 2.05) is 18.5 Å². The number of nitrogens with zero attached hydrogens (tertiary/aromatic N) is 4. The fraction of sp³-hybridized carbons (Fsp3) is 0.500. The summed E-state index contributed by atoms with van der Waals surface area (Å²) in [5.74, 6) is 0. The number of imidazole rings is 1. The van der Waals surface area contributed by atoms with Crippen molar-refractivity contribution in [2.75, 3.05) is 13.1 Å². The molecule has 3 rings (SSSR count). The Kier molecular flexibility index (Phi) is 3.03. The highest BCUT2D eigenvalue weighted by Crippen LogP contribution is 2.30. The van der Waals surface area contributed by atoms with E-state index in [4.69, 9.17) is 0 Å². The van der Waals surface area contributed by atoms with Gasteiger partial charge < -0.3 is 4.57 Å². The molecule has 0 fully saturated rings. The fourth-order valence-electron chi connectivity index (χ4n) is 2.11. The van der Waals surface area contributed by atoms with E-state index in [0.717, 1.165) is 30.3 Å². The SMILES string of the molecule is CCCCN1CCn2c(nc3cnccc32)S1. The normalized spacial score (nSPS) is 16.3. The summed E-state index contributed by atoms with van der Waals surface area (Å²) in [7, 11) is 0. The zero-order valence-corrected chi connectivity index (χ0v) is 10.8. The third-order valence-corrected chi connectivity index (χ3v) is 4.16. The van der Waals surface area contributed by atoms with Crippen LogP contribution >= 0.6 is 11.9 Å². The highest BCUT2D eigenvalue weighted by Gasteiger charge is 2.20. The van der Waals surface area contributed by atoms with E-state index >= 15 is 0 Å². The molecular formula is C12H16N4S. The predicted octanol–water partition coefficient (Wildman–Crippen LogP) is 2.55. The number of unbranched alkanes of at least 4 members (excludes halogenated alkanes) is 1. The van der Waals surface area contributed by atoms with E-state index in [2.05, 4.69) is 25.8 Å². The van der Waals surface area contributed by atoms with E-state index in [-0.39, 0.29) is 0 Å². The average molecular weight is 248 g/mol. The molecule has 0 aromatic carbocycles. The topological polar surface area (TPSA) is 34.0 Å². The minimum Gasteiger partial charge on any atom is -0.316 e. The molecule has 17 heavy (non-hydrogen) atoms. The standard InChI is InChI=1S/C12H16N4S/c1-2-3-6-15-7-8-16-11-4-5-13-9-10(11)14-12(16)17-15/h4-5,9H,2-3,6-8H2,1H3. The van der Waals surface area contributed by atoms with Crippen molar-refractivity contribution in [2.45, 2.75) is 31.5 Å².